The molecule has 0 saturated heterocycles. The zero-order valence-electron chi connectivity index (χ0n) is 11.1. The minimum Gasteiger partial charge on any atom is -0.393 e. The summed E-state index contributed by atoms with van der Waals surface area (Å²) in [7, 11) is 2.12. The highest BCUT2D eigenvalue weighted by Gasteiger charge is 2.20. The first-order valence-corrected chi connectivity index (χ1v) is 6.37. The minimum atomic E-state index is -0.0178. The fourth-order valence-corrected chi connectivity index (χ4v) is 1.49. The van der Waals surface area contributed by atoms with Gasteiger partial charge in [0.25, 0.3) is 0 Å². The molecule has 0 heterocycles. The third-order valence-corrected chi connectivity index (χ3v) is 3.38. The van der Waals surface area contributed by atoms with Crippen molar-refractivity contribution in [1.29, 1.82) is 0 Å². The number of ether oxygens (including phenoxy) is 1. The molecule has 96 valence electrons. The summed E-state index contributed by atoms with van der Waals surface area (Å²) in [6, 6.07) is 0. The molecule has 16 heavy (non-hydrogen) atoms. The molecule has 0 spiro atoms. The molecule has 3 nitrogen and oxygen atoms in total. The van der Waals surface area contributed by atoms with Gasteiger partial charge < -0.3 is 15.4 Å². The van der Waals surface area contributed by atoms with E-state index in [1.807, 2.05) is 6.92 Å². The topological polar surface area (TPSA) is 38.5 Å². The van der Waals surface area contributed by atoms with Crippen LogP contribution in [0.4, 0.5) is 0 Å². The lowest BCUT2D eigenvalue weighted by Crippen LogP contribution is -2.31. The molecule has 0 aromatic rings. The summed E-state index contributed by atoms with van der Waals surface area (Å²) in [6.45, 7) is 9.89. The normalized spacial score (nSPS) is 12.1. The van der Waals surface area contributed by atoms with Crippen molar-refractivity contribution < 1.29 is 4.74 Å². The smallest absolute Gasteiger partial charge is 0.0784 e. The van der Waals surface area contributed by atoms with Crippen molar-refractivity contribution in [2.45, 2.75) is 33.6 Å². The quantitative estimate of drug-likeness (QED) is 0.499. The predicted octanol–water partition coefficient (Wildman–Crippen LogP) is 2.05. The van der Waals surface area contributed by atoms with Gasteiger partial charge in [0.05, 0.1) is 11.6 Å². The largest absolute Gasteiger partial charge is 0.393 e. The second-order valence-electron chi connectivity index (χ2n) is 4.85. The van der Waals surface area contributed by atoms with Crippen LogP contribution in [0.3, 0.4) is 0 Å². The Balaban J connectivity index is 3.61. The van der Waals surface area contributed by atoms with Crippen LogP contribution in [-0.2, 0) is 4.74 Å². The van der Waals surface area contributed by atoms with Crippen molar-refractivity contribution in [2.24, 2.45) is 11.1 Å². The zero-order chi connectivity index (χ0) is 12.6. The first-order chi connectivity index (χ1) is 7.40. The highest BCUT2D eigenvalue weighted by Crippen LogP contribution is 2.22. The van der Waals surface area contributed by atoms with Gasteiger partial charge in [-0.3, -0.25) is 0 Å². The summed E-state index contributed by atoms with van der Waals surface area (Å²) in [4.78, 5) is 2.90. The molecule has 4 heteroatoms. The van der Waals surface area contributed by atoms with Crippen LogP contribution in [0.1, 0.15) is 33.6 Å². The Morgan fingerprint density at radius 2 is 2.00 bits per heavy atom. The van der Waals surface area contributed by atoms with Crippen molar-refractivity contribution in [3.63, 3.8) is 0 Å². The summed E-state index contributed by atoms with van der Waals surface area (Å²) in [5.74, 6) is 0. The van der Waals surface area contributed by atoms with Crippen LogP contribution in [0.25, 0.3) is 0 Å². The molecule has 0 fully saturated rings. The van der Waals surface area contributed by atoms with Crippen molar-refractivity contribution >= 4 is 17.2 Å². The molecule has 0 rings (SSSR count). The molecule has 0 aliphatic carbocycles. The fraction of sp³-hybridized carbons (Fsp3) is 0.917. The van der Waals surface area contributed by atoms with Gasteiger partial charge in [0.1, 0.15) is 0 Å². The maximum absolute atomic E-state index is 5.68. The molecule has 0 aromatic carbocycles. The number of likely N-dealkylation sites (N-methyl/N-ethyl adjacent to an activating group) is 1. The van der Waals surface area contributed by atoms with Crippen molar-refractivity contribution in [2.75, 3.05) is 33.4 Å². The van der Waals surface area contributed by atoms with Crippen LogP contribution in [-0.4, -0.2) is 43.2 Å². The minimum absolute atomic E-state index is 0.0178. The van der Waals surface area contributed by atoms with E-state index >= 15 is 0 Å². The molecule has 0 aliphatic heterocycles. The fourth-order valence-electron chi connectivity index (χ4n) is 1.39. The summed E-state index contributed by atoms with van der Waals surface area (Å²) in [6.07, 6.45) is 2.16. The third-order valence-electron chi connectivity index (χ3n) is 2.83. The Bertz CT molecular complexity index is 207. The van der Waals surface area contributed by atoms with Crippen LogP contribution >= 0.6 is 12.2 Å². The van der Waals surface area contributed by atoms with E-state index in [0.717, 1.165) is 39.1 Å². The van der Waals surface area contributed by atoms with E-state index in [1.165, 1.54) is 0 Å². The maximum atomic E-state index is 5.68. The maximum Gasteiger partial charge on any atom is 0.0784 e. The second kappa shape index (κ2) is 7.98. The first-order valence-electron chi connectivity index (χ1n) is 5.96. The second-order valence-corrected chi connectivity index (χ2v) is 5.29. The van der Waals surface area contributed by atoms with E-state index in [4.69, 9.17) is 22.7 Å². The van der Waals surface area contributed by atoms with Gasteiger partial charge in [-0.1, -0.05) is 26.1 Å². The molecule has 0 bridgehead atoms. The molecular formula is C12H26N2OS. The lowest BCUT2D eigenvalue weighted by atomic mass is 9.88. The van der Waals surface area contributed by atoms with Crippen molar-refractivity contribution in [1.82, 2.24) is 4.90 Å². The number of thiocarbonyl (C=S) groups is 1. The number of rotatable bonds is 9. The molecule has 0 radical (unpaired) electrons. The van der Waals surface area contributed by atoms with Gasteiger partial charge in [-0.05, 0) is 33.4 Å². The van der Waals surface area contributed by atoms with Crippen molar-refractivity contribution in [3.05, 3.63) is 0 Å². The monoisotopic (exact) mass is 246 g/mol. The van der Waals surface area contributed by atoms with Gasteiger partial charge in [0.15, 0.2) is 0 Å². The molecule has 0 unspecified atom stereocenters. The highest BCUT2D eigenvalue weighted by molar-refractivity contribution is 7.80. The van der Waals surface area contributed by atoms with Crippen molar-refractivity contribution in [3.8, 4) is 0 Å². The molecule has 0 aliphatic rings. The Morgan fingerprint density at radius 1 is 1.38 bits per heavy atom. The average molecular weight is 246 g/mol. The Morgan fingerprint density at radius 3 is 2.50 bits per heavy atom. The number of hydrogen-bond acceptors (Lipinski definition) is 3. The van der Waals surface area contributed by atoms with E-state index in [0.29, 0.717) is 4.99 Å². The summed E-state index contributed by atoms with van der Waals surface area (Å²) in [5.41, 5.74) is 5.67. The van der Waals surface area contributed by atoms with Crippen LogP contribution < -0.4 is 5.73 Å². The zero-order valence-corrected chi connectivity index (χ0v) is 11.9. The van der Waals surface area contributed by atoms with Gasteiger partial charge in [0.2, 0.25) is 0 Å². The first kappa shape index (κ1) is 15.8. The van der Waals surface area contributed by atoms with Gasteiger partial charge in [0, 0.05) is 18.6 Å². The molecule has 0 atom stereocenters. The lowest BCUT2D eigenvalue weighted by molar-refractivity contribution is 0.121. The number of hydrogen-bond donors (Lipinski definition) is 1. The van der Waals surface area contributed by atoms with E-state index in [9.17, 15) is 0 Å². The number of nitrogens with zero attached hydrogens (tertiary/aromatic N) is 1. The Hall–Kier alpha value is -0.190. The Labute approximate surface area is 105 Å². The molecule has 0 aromatic heterocycles. The van der Waals surface area contributed by atoms with E-state index < -0.39 is 0 Å². The van der Waals surface area contributed by atoms with Gasteiger partial charge in [-0.2, -0.15) is 0 Å². The van der Waals surface area contributed by atoms with Gasteiger partial charge >= 0.3 is 0 Å². The van der Waals surface area contributed by atoms with E-state index in [-0.39, 0.29) is 5.41 Å². The van der Waals surface area contributed by atoms with Crippen LogP contribution in [0.5, 0.6) is 0 Å². The summed E-state index contributed by atoms with van der Waals surface area (Å²) >= 11 is 5.04. The highest BCUT2D eigenvalue weighted by atomic mass is 32.1. The van der Waals surface area contributed by atoms with Crippen LogP contribution in [0, 0.1) is 5.41 Å². The average Bonchev–Trinajstić information content (AvgIpc) is 2.17. The summed E-state index contributed by atoms with van der Waals surface area (Å²) < 4.78 is 5.31. The van der Waals surface area contributed by atoms with Crippen LogP contribution in [0.15, 0.2) is 0 Å². The Kier molecular flexibility index (Phi) is 7.89. The van der Waals surface area contributed by atoms with E-state index in [1.54, 1.807) is 0 Å². The molecule has 2 N–H and O–H groups in total. The van der Waals surface area contributed by atoms with Gasteiger partial charge in [-0.25, -0.2) is 0 Å². The SMILES string of the molecule is CCOCCN(C)CCCC(C)(C)C(N)=S. The summed E-state index contributed by atoms with van der Waals surface area (Å²) in [5, 5.41) is 0. The lowest BCUT2D eigenvalue weighted by Gasteiger charge is -2.24. The standard InChI is InChI=1S/C12H26N2OS/c1-5-15-10-9-14(4)8-6-7-12(2,3)11(13)16/h5-10H2,1-4H3,(H2,13,16). The van der Waals surface area contributed by atoms with Gasteiger partial charge in [-0.15, -0.1) is 0 Å². The molecule has 0 saturated carbocycles. The predicted molar refractivity (Wildman–Crippen MR) is 73.8 cm³/mol. The third kappa shape index (κ3) is 7.14. The number of nitrogens with two attached hydrogens (primary N) is 1. The van der Waals surface area contributed by atoms with E-state index in [2.05, 4.69) is 25.8 Å². The van der Waals surface area contributed by atoms with Crippen LogP contribution in [0.2, 0.25) is 0 Å². The molecular weight excluding hydrogens is 220 g/mol. The molecule has 0 amide bonds.